The van der Waals surface area contributed by atoms with E-state index in [4.69, 9.17) is 9.51 Å². The average Bonchev–Trinajstić information content (AvgIpc) is 3.01. The standard InChI is InChI=1S/C21H25N5O/c1-14-21(15(2)27-25-14)20-6-4-5-19(24-20)17-8-11-26(12-9-17)13-18-7-10-22-16(3)23-18/h4-7,10,17H,8-9,11-13H2,1-3H3. The molecule has 3 aromatic rings. The lowest BCUT2D eigenvalue weighted by molar-refractivity contribution is 0.201. The summed E-state index contributed by atoms with van der Waals surface area (Å²) in [5, 5.41) is 4.06. The molecule has 0 aliphatic carbocycles. The highest BCUT2D eigenvalue weighted by molar-refractivity contribution is 5.63. The van der Waals surface area contributed by atoms with Gasteiger partial charge in [-0.25, -0.2) is 9.97 Å². The maximum absolute atomic E-state index is 5.31. The van der Waals surface area contributed by atoms with Gasteiger partial charge in [0.25, 0.3) is 0 Å². The maximum atomic E-state index is 5.31. The van der Waals surface area contributed by atoms with Crippen molar-refractivity contribution in [1.82, 2.24) is 25.0 Å². The molecule has 27 heavy (non-hydrogen) atoms. The second-order valence-electron chi connectivity index (χ2n) is 7.29. The lowest BCUT2D eigenvalue weighted by Gasteiger charge is -2.31. The van der Waals surface area contributed by atoms with Gasteiger partial charge in [0.05, 0.1) is 22.6 Å². The lowest BCUT2D eigenvalue weighted by atomic mass is 9.92. The summed E-state index contributed by atoms with van der Waals surface area (Å²) in [5.74, 6) is 2.16. The normalized spacial score (nSPS) is 16.0. The SMILES string of the molecule is Cc1nccc(CN2CCC(c3cccc(-c4c(C)noc4C)n3)CC2)n1. The van der Waals surface area contributed by atoms with E-state index in [1.54, 1.807) is 0 Å². The molecule has 6 heteroatoms. The van der Waals surface area contributed by atoms with Crippen molar-refractivity contribution >= 4 is 0 Å². The monoisotopic (exact) mass is 363 g/mol. The summed E-state index contributed by atoms with van der Waals surface area (Å²) in [5.41, 5.74) is 5.15. The van der Waals surface area contributed by atoms with E-state index in [9.17, 15) is 0 Å². The molecule has 0 spiro atoms. The van der Waals surface area contributed by atoms with Gasteiger partial charge < -0.3 is 4.52 Å². The second-order valence-corrected chi connectivity index (χ2v) is 7.29. The Morgan fingerprint density at radius 3 is 2.59 bits per heavy atom. The van der Waals surface area contributed by atoms with Crippen molar-refractivity contribution in [3.05, 3.63) is 59.1 Å². The molecule has 140 valence electrons. The molecule has 6 nitrogen and oxygen atoms in total. The molecule has 0 amide bonds. The fourth-order valence-electron chi connectivity index (χ4n) is 3.88. The number of aromatic nitrogens is 4. The Labute approximate surface area is 159 Å². The van der Waals surface area contributed by atoms with E-state index >= 15 is 0 Å². The molecule has 1 aliphatic heterocycles. The molecule has 0 unspecified atom stereocenters. The number of rotatable bonds is 4. The molecule has 4 rings (SSSR count). The first-order valence-electron chi connectivity index (χ1n) is 9.51. The number of nitrogens with zero attached hydrogens (tertiary/aromatic N) is 5. The minimum Gasteiger partial charge on any atom is -0.361 e. The predicted molar refractivity (Wildman–Crippen MR) is 103 cm³/mol. The Hall–Kier alpha value is -2.60. The van der Waals surface area contributed by atoms with Crippen LogP contribution in [0.15, 0.2) is 35.0 Å². The third-order valence-corrected chi connectivity index (χ3v) is 5.29. The van der Waals surface area contributed by atoms with Crippen LogP contribution in [0.1, 0.15) is 47.4 Å². The topological polar surface area (TPSA) is 67.9 Å². The first kappa shape index (κ1) is 17.8. The van der Waals surface area contributed by atoms with Gasteiger partial charge in [-0.15, -0.1) is 0 Å². The van der Waals surface area contributed by atoms with Gasteiger partial charge in [-0.1, -0.05) is 11.2 Å². The van der Waals surface area contributed by atoms with E-state index in [0.717, 1.165) is 66.7 Å². The Kier molecular flexibility index (Phi) is 4.99. The number of aryl methyl sites for hydroxylation is 3. The van der Waals surface area contributed by atoms with Gasteiger partial charge in [0.1, 0.15) is 11.6 Å². The number of hydrogen-bond donors (Lipinski definition) is 0. The van der Waals surface area contributed by atoms with Crippen LogP contribution in [0.4, 0.5) is 0 Å². The number of likely N-dealkylation sites (tertiary alicyclic amines) is 1. The number of pyridine rings is 1. The molecule has 1 fully saturated rings. The van der Waals surface area contributed by atoms with Gasteiger partial charge in [0.2, 0.25) is 0 Å². The minimum absolute atomic E-state index is 0.494. The molecular formula is C21H25N5O. The van der Waals surface area contributed by atoms with Gasteiger partial charge in [-0.3, -0.25) is 9.88 Å². The third-order valence-electron chi connectivity index (χ3n) is 5.29. The van der Waals surface area contributed by atoms with E-state index in [1.165, 1.54) is 5.69 Å². The summed E-state index contributed by atoms with van der Waals surface area (Å²) in [6.07, 6.45) is 4.07. The first-order chi connectivity index (χ1) is 13.1. The van der Waals surface area contributed by atoms with Crippen molar-refractivity contribution in [2.75, 3.05) is 13.1 Å². The molecule has 0 radical (unpaired) electrons. The largest absolute Gasteiger partial charge is 0.361 e. The molecule has 0 bridgehead atoms. The van der Waals surface area contributed by atoms with Crippen LogP contribution in [0.25, 0.3) is 11.3 Å². The molecule has 0 N–H and O–H groups in total. The highest BCUT2D eigenvalue weighted by Crippen LogP contribution is 2.30. The number of piperidine rings is 1. The van der Waals surface area contributed by atoms with Gasteiger partial charge in [-0.2, -0.15) is 0 Å². The zero-order valence-corrected chi connectivity index (χ0v) is 16.1. The van der Waals surface area contributed by atoms with Crippen LogP contribution in [0.5, 0.6) is 0 Å². The van der Waals surface area contributed by atoms with Crippen LogP contribution in [-0.2, 0) is 6.54 Å². The summed E-state index contributed by atoms with van der Waals surface area (Å²) in [7, 11) is 0. The molecule has 3 aromatic heterocycles. The maximum Gasteiger partial charge on any atom is 0.143 e. The van der Waals surface area contributed by atoms with Gasteiger partial charge in [0, 0.05) is 24.4 Å². The van der Waals surface area contributed by atoms with Crippen molar-refractivity contribution in [3.8, 4) is 11.3 Å². The molecule has 1 saturated heterocycles. The van der Waals surface area contributed by atoms with Crippen LogP contribution in [0, 0.1) is 20.8 Å². The smallest absolute Gasteiger partial charge is 0.143 e. The summed E-state index contributed by atoms with van der Waals surface area (Å²) in [4.78, 5) is 16.1. The summed E-state index contributed by atoms with van der Waals surface area (Å²) in [6.45, 7) is 8.86. The van der Waals surface area contributed by atoms with E-state index in [0.29, 0.717) is 5.92 Å². The first-order valence-corrected chi connectivity index (χ1v) is 9.51. The van der Waals surface area contributed by atoms with Gasteiger partial charge in [0.15, 0.2) is 0 Å². The lowest BCUT2D eigenvalue weighted by Crippen LogP contribution is -2.33. The van der Waals surface area contributed by atoms with Crippen molar-refractivity contribution in [3.63, 3.8) is 0 Å². The molecule has 0 atom stereocenters. The molecular weight excluding hydrogens is 338 g/mol. The number of hydrogen-bond acceptors (Lipinski definition) is 6. The van der Waals surface area contributed by atoms with Crippen LogP contribution in [-0.4, -0.2) is 38.1 Å². The minimum atomic E-state index is 0.494. The van der Waals surface area contributed by atoms with E-state index in [2.05, 4.69) is 32.2 Å². The van der Waals surface area contributed by atoms with E-state index in [-0.39, 0.29) is 0 Å². The summed E-state index contributed by atoms with van der Waals surface area (Å²) in [6, 6.07) is 8.30. The van der Waals surface area contributed by atoms with E-state index in [1.807, 2.05) is 39.1 Å². The second kappa shape index (κ2) is 7.56. The highest BCUT2D eigenvalue weighted by atomic mass is 16.5. The van der Waals surface area contributed by atoms with Crippen molar-refractivity contribution in [1.29, 1.82) is 0 Å². The zero-order valence-electron chi connectivity index (χ0n) is 16.1. The Morgan fingerprint density at radius 1 is 1.07 bits per heavy atom. The summed E-state index contributed by atoms with van der Waals surface area (Å²) >= 11 is 0. The Morgan fingerprint density at radius 2 is 1.89 bits per heavy atom. The molecule has 1 aliphatic rings. The van der Waals surface area contributed by atoms with Crippen molar-refractivity contribution < 1.29 is 4.52 Å². The van der Waals surface area contributed by atoms with Gasteiger partial charge in [-0.05, 0) is 64.9 Å². The fraction of sp³-hybridized carbons (Fsp3) is 0.429. The molecule has 4 heterocycles. The van der Waals surface area contributed by atoms with Crippen LogP contribution in [0.3, 0.4) is 0 Å². The van der Waals surface area contributed by atoms with Crippen molar-refractivity contribution in [2.45, 2.75) is 46.1 Å². The quantitative estimate of drug-likeness (QED) is 0.702. The van der Waals surface area contributed by atoms with Crippen LogP contribution < -0.4 is 0 Å². The van der Waals surface area contributed by atoms with E-state index < -0.39 is 0 Å². The fourth-order valence-corrected chi connectivity index (χ4v) is 3.88. The molecule has 0 saturated carbocycles. The molecule has 0 aromatic carbocycles. The Bertz CT molecular complexity index is 908. The summed E-state index contributed by atoms with van der Waals surface area (Å²) < 4.78 is 5.31. The van der Waals surface area contributed by atoms with Crippen LogP contribution in [0.2, 0.25) is 0 Å². The van der Waals surface area contributed by atoms with Crippen molar-refractivity contribution in [2.24, 2.45) is 0 Å². The van der Waals surface area contributed by atoms with Gasteiger partial charge >= 0.3 is 0 Å². The highest BCUT2D eigenvalue weighted by Gasteiger charge is 2.23. The Balaban J connectivity index is 1.43. The van der Waals surface area contributed by atoms with Crippen LogP contribution >= 0.6 is 0 Å². The average molecular weight is 363 g/mol. The zero-order chi connectivity index (χ0) is 18.8. The predicted octanol–water partition coefficient (Wildman–Crippen LogP) is 3.83. The third kappa shape index (κ3) is 3.90.